The van der Waals surface area contributed by atoms with Crippen LogP contribution in [0, 0.1) is 0 Å². The molecule has 0 aliphatic rings. The van der Waals surface area contributed by atoms with Crippen LogP contribution in [0.1, 0.15) is 0 Å². The summed E-state index contributed by atoms with van der Waals surface area (Å²) >= 11 is 0. The quantitative estimate of drug-likeness (QED) is 0.776. The van der Waals surface area contributed by atoms with E-state index >= 15 is 0 Å². The van der Waals surface area contributed by atoms with Crippen molar-refractivity contribution >= 4 is 26.7 Å². The van der Waals surface area contributed by atoms with Gasteiger partial charge in [-0.2, -0.15) is 0 Å². The molecule has 74 valence electrons. The number of nitrogens with zero attached hydrogens (tertiary/aromatic N) is 1. The van der Waals surface area contributed by atoms with Crippen LogP contribution in [-0.2, 0) is 10.0 Å². The van der Waals surface area contributed by atoms with Crippen LogP contribution < -0.4 is 4.72 Å². The SMILES string of the molecule is CS(=O)(=O)Nc1ccc2nc[nH]c2c1. The van der Waals surface area contributed by atoms with E-state index in [0.717, 1.165) is 17.3 Å². The average Bonchev–Trinajstić information content (AvgIpc) is 2.47. The van der Waals surface area contributed by atoms with Crippen molar-refractivity contribution in [2.75, 3.05) is 11.0 Å². The fraction of sp³-hybridized carbons (Fsp3) is 0.125. The molecular weight excluding hydrogens is 202 g/mol. The second-order valence-corrected chi connectivity index (χ2v) is 4.76. The lowest BCUT2D eigenvalue weighted by Crippen LogP contribution is -2.09. The molecule has 2 aromatic rings. The second kappa shape index (κ2) is 2.98. The Morgan fingerprint density at radius 1 is 1.43 bits per heavy atom. The molecule has 0 aliphatic heterocycles. The number of nitrogens with one attached hydrogen (secondary N) is 2. The molecule has 2 rings (SSSR count). The number of imidazole rings is 1. The normalized spacial score (nSPS) is 11.8. The summed E-state index contributed by atoms with van der Waals surface area (Å²) in [5.41, 5.74) is 2.15. The number of anilines is 1. The monoisotopic (exact) mass is 211 g/mol. The lowest BCUT2D eigenvalue weighted by atomic mass is 10.3. The van der Waals surface area contributed by atoms with Crippen molar-refractivity contribution in [1.82, 2.24) is 9.97 Å². The van der Waals surface area contributed by atoms with Gasteiger partial charge in [0.1, 0.15) is 0 Å². The maximum atomic E-state index is 10.9. The zero-order valence-corrected chi connectivity index (χ0v) is 8.30. The van der Waals surface area contributed by atoms with Crippen molar-refractivity contribution in [3.63, 3.8) is 0 Å². The minimum absolute atomic E-state index is 0.532. The van der Waals surface area contributed by atoms with Gasteiger partial charge in [0.05, 0.1) is 29.3 Å². The molecule has 0 spiro atoms. The van der Waals surface area contributed by atoms with Crippen molar-refractivity contribution in [2.45, 2.75) is 0 Å². The Hall–Kier alpha value is -1.56. The van der Waals surface area contributed by atoms with Gasteiger partial charge in [-0.3, -0.25) is 4.72 Å². The highest BCUT2D eigenvalue weighted by molar-refractivity contribution is 7.92. The van der Waals surface area contributed by atoms with Gasteiger partial charge in [0.15, 0.2) is 0 Å². The maximum absolute atomic E-state index is 10.9. The number of sulfonamides is 1. The molecular formula is C8H9N3O2S. The van der Waals surface area contributed by atoms with Crippen LogP contribution in [0.15, 0.2) is 24.5 Å². The van der Waals surface area contributed by atoms with E-state index in [0.29, 0.717) is 5.69 Å². The predicted molar refractivity (Wildman–Crippen MR) is 54.6 cm³/mol. The van der Waals surface area contributed by atoms with E-state index in [1.54, 1.807) is 24.5 Å². The third kappa shape index (κ3) is 1.85. The summed E-state index contributed by atoms with van der Waals surface area (Å²) in [7, 11) is -3.21. The van der Waals surface area contributed by atoms with E-state index in [2.05, 4.69) is 14.7 Å². The van der Waals surface area contributed by atoms with Gasteiger partial charge in [-0.25, -0.2) is 13.4 Å². The van der Waals surface area contributed by atoms with Gasteiger partial charge < -0.3 is 4.98 Å². The molecule has 0 amide bonds. The molecule has 2 N–H and O–H groups in total. The highest BCUT2D eigenvalue weighted by Gasteiger charge is 2.03. The first-order chi connectivity index (χ1) is 6.54. The summed E-state index contributed by atoms with van der Waals surface area (Å²) in [4.78, 5) is 6.92. The van der Waals surface area contributed by atoms with E-state index < -0.39 is 10.0 Å². The molecule has 5 nitrogen and oxygen atoms in total. The summed E-state index contributed by atoms with van der Waals surface area (Å²) in [5.74, 6) is 0. The molecule has 0 unspecified atom stereocenters. The number of hydrogen-bond acceptors (Lipinski definition) is 3. The smallest absolute Gasteiger partial charge is 0.229 e. The number of rotatable bonds is 2. The van der Waals surface area contributed by atoms with Crippen LogP contribution in [0.4, 0.5) is 5.69 Å². The maximum Gasteiger partial charge on any atom is 0.229 e. The molecule has 0 radical (unpaired) electrons. The van der Waals surface area contributed by atoms with E-state index in [1.165, 1.54) is 0 Å². The molecule has 0 fully saturated rings. The fourth-order valence-corrected chi connectivity index (χ4v) is 1.77. The molecule has 14 heavy (non-hydrogen) atoms. The summed E-state index contributed by atoms with van der Waals surface area (Å²) in [6.45, 7) is 0. The van der Waals surface area contributed by atoms with Crippen LogP contribution in [-0.4, -0.2) is 24.6 Å². The van der Waals surface area contributed by atoms with Crippen molar-refractivity contribution in [1.29, 1.82) is 0 Å². The van der Waals surface area contributed by atoms with Gasteiger partial charge in [-0.05, 0) is 18.2 Å². The molecule has 0 atom stereocenters. The third-order valence-corrected chi connectivity index (χ3v) is 2.33. The number of benzene rings is 1. The van der Waals surface area contributed by atoms with Crippen LogP contribution in [0.25, 0.3) is 11.0 Å². The van der Waals surface area contributed by atoms with Crippen molar-refractivity contribution < 1.29 is 8.42 Å². The van der Waals surface area contributed by atoms with Crippen LogP contribution in [0.5, 0.6) is 0 Å². The van der Waals surface area contributed by atoms with Crippen LogP contribution in [0.2, 0.25) is 0 Å². The summed E-state index contributed by atoms with van der Waals surface area (Å²) < 4.78 is 24.3. The topological polar surface area (TPSA) is 74.8 Å². The minimum Gasteiger partial charge on any atom is -0.345 e. The van der Waals surface area contributed by atoms with Gasteiger partial charge >= 0.3 is 0 Å². The number of aromatic amines is 1. The first-order valence-electron chi connectivity index (χ1n) is 3.95. The zero-order chi connectivity index (χ0) is 10.2. The molecule has 0 saturated heterocycles. The summed E-state index contributed by atoms with van der Waals surface area (Å²) in [6, 6.07) is 5.12. The summed E-state index contributed by atoms with van der Waals surface area (Å²) in [5, 5.41) is 0. The van der Waals surface area contributed by atoms with E-state index in [4.69, 9.17) is 0 Å². The Kier molecular flexibility index (Phi) is 1.92. The Morgan fingerprint density at radius 2 is 2.21 bits per heavy atom. The Balaban J connectivity index is 2.44. The number of hydrogen-bond donors (Lipinski definition) is 2. The molecule has 6 heteroatoms. The fourth-order valence-electron chi connectivity index (χ4n) is 1.21. The molecule has 0 aliphatic carbocycles. The van der Waals surface area contributed by atoms with Gasteiger partial charge in [-0.15, -0.1) is 0 Å². The number of aromatic nitrogens is 2. The van der Waals surface area contributed by atoms with Gasteiger partial charge in [0.25, 0.3) is 0 Å². The number of fused-ring (bicyclic) bond motifs is 1. The zero-order valence-electron chi connectivity index (χ0n) is 7.48. The molecule has 0 saturated carbocycles. The molecule has 0 bridgehead atoms. The third-order valence-electron chi connectivity index (χ3n) is 1.72. The van der Waals surface area contributed by atoms with Crippen LogP contribution in [0.3, 0.4) is 0 Å². The Bertz CT molecular complexity index is 559. The average molecular weight is 211 g/mol. The highest BCUT2D eigenvalue weighted by atomic mass is 32.2. The lowest BCUT2D eigenvalue weighted by Gasteiger charge is -2.02. The van der Waals surface area contributed by atoms with E-state index in [9.17, 15) is 8.42 Å². The largest absolute Gasteiger partial charge is 0.345 e. The molecule has 1 aromatic heterocycles. The second-order valence-electron chi connectivity index (χ2n) is 3.01. The Labute approximate surface area is 81.2 Å². The standard InChI is InChI=1S/C8H9N3O2S/c1-14(12,13)11-6-2-3-7-8(4-6)10-5-9-7/h2-5,11H,1H3,(H,9,10). The Morgan fingerprint density at radius 3 is 2.93 bits per heavy atom. The first kappa shape index (κ1) is 9.01. The molecule has 1 heterocycles. The molecule has 1 aromatic carbocycles. The van der Waals surface area contributed by atoms with E-state index in [1.807, 2.05) is 0 Å². The van der Waals surface area contributed by atoms with Crippen molar-refractivity contribution in [3.8, 4) is 0 Å². The lowest BCUT2D eigenvalue weighted by molar-refractivity contribution is 0.607. The van der Waals surface area contributed by atoms with E-state index in [-0.39, 0.29) is 0 Å². The van der Waals surface area contributed by atoms with Gasteiger partial charge in [0.2, 0.25) is 10.0 Å². The van der Waals surface area contributed by atoms with Crippen molar-refractivity contribution in [2.24, 2.45) is 0 Å². The van der Waals surface area contributed by atoms with Gasteiger partial charge in [0, 0.05) is 0 Å². The van der Waals surface area contributed by atoms with Crippen LogP contribution >= 0.6 is 0 Å². The first-order valence-corrected chi connectivity index (χ1v) is 5.85. The number of H-pyrrole nitrogens is 1. The van der Waals surface area contributed by atoms with Crippen molar-refractivity contribution in [3.05, 3.63) is 24.5 Å². The highest BCUT2D eigenvalue weighted by Crippen LogP contribution is 2.16. The summed E-state index contributed by atoms with van der Waals surface area (Å²) in [6.07, 6.45) is 2.68. The minimum atomic E-state index is -3.21. The van der Waals surface area contributed by atoms with Gasteiger partial charge in [-0.1, -0.05) is 0 Å². The predicted octanol–water partition coefficient (Wildman–Crippen LogP) is 0.934.